The SMILES string of the molecule is CCCCCCCCCCCCCCCCO[Si](C)(C)Oc1ccccc1C. The maximum absolute atomic E-state index is 6.17. The summed E-state index contributed by atoms with van der Waals surface area (Å²) in [6, 6.07) is 8.21. The number of hydrogen-bond acceptors (Lipinski definition) is 2. The van der Waals surface area contributed by atoms with Crippen LogP contribution in [0.15, 0.2) is 24.3 Å². The first kappa shape index (κ1) is 25.2. The number of benzene rings is 1. The van der Waals surface area contributed by atoms with Gasteiger partial charge in [-0.2, -0.15) is 0 Å². The maximum atomic E-state index is 6.17. The fourth-order valence-corrected chi connectivity index (χ4v) is 5.03. The molecule has 0 saturated carbocycles. The van der Waals surface area contributed by atoms with Gasteiger partial charge in [0.15, 0.2) is 0 Å². The van der Waals surface area contributed by atoms with Gasteiger partial charge < -0.3 is 8.85 Å². The molecule has 28 heavy (non-hydrogen) atoms. The molecule has 0 heterocycles. The van der Waals surface area contributed by atoms with Crippen molar-refractivity contribution in [2.24, 2.45) is 0 Å². The van der Waals surface area contributed by atoms with E-state index >= 15 is 0 Å². The van der Waals surface area contributed by atoms with Crippen LogP contribution in [-0.2, 0) is 4.43 Å². The molecule has 1 aromatic rings. The lowest BCUT2D eigenvalue weighted by Gasteiger charge is -2.24. The first-order valence-corrected chi connectivity index (χ1v) is 14.8. The van der Waals surface area contributed by atoms with Crippen molar-refractivity contribution in [3.8, 4) is 5.75 Å². The Morgan fingerprint density at radius 1 is 0.679 bits per heavy atom. The molecule has 162 valence electrons. The fourth-order valence-electron chi connectivity index (χ4n) is 3.58. The van der Waals surface area contributed by atoms with Crippen molar-refractivity contribution >= 4 is 8.56 Å². The van der Waals surface area contributed by atoms with E-state index in [0.29, 0.717) is 0 Å². The highest BCUT2D eigenvalue weighted by atomic mass is 28.4. The van der Waals surface area contributed by atoms with Gasteiger partial charge in [0.25, 0.3) is 0 Å². The van der Waals surface area contributed by atoms with Gasteiger partial charge in [-0.15, -0.1) is 0 Å². The second-order valence-electron chi connectivity index (χ2n) is 8.71. The van der Waals surface area contributed by atoms with E-state index in [1.807, 2.05) is 18.2 Å². The molecule has 0 unspecified atom stereocenters. The van der Waals surface area contributed by atoms with E-state index in [0.717, 1.165) is 18.8 Å². The topological polar surface area (TPSA) is 18.5 Å². The third kappa shape index (κ3) is 13.4. The Balaban J connectivity index is 1.90. The second-order valence-corrected chi connectivity index (χ2v) is 12.0. The Bertz CT molecular complexity index is 487. The molecule has 0 saturated heterocycles. The van der Waals surface area contributed by atoms with Crippen molar-refractivity contribution in [1.29, 1.82) is 0 Å². The van der Waals surface area contributed by atoms with E-state index in [9.17, 15) is 0 Å². The number of unbranched alkanes of at least 4 members (excludes halogenated alkanes) is 13. The zero-order valence-electron chi connectivity index (χ0n) is 19.2. The van der Waals surface area contributed by atoms with Crippen molar-refractivity contribution in [3.63, 3.8) is 0 Å². The van der Waals surface area contributed by atoms with Crippen molar-refractivity contribution in [1.82, 2.24) is 0 Å². The molecular weight excluding hydrogens is 360 g/mol. The summed E-state index contributed by atoms with van der Waals surface area (Å²) >= 11 is 0. The van der Waals surface area contributed by atoms with Crippen LogP contribution in [0.5, 0.6) is 5.75 Å². The molecule has 0 aliphatic rings. The van der Waals surface area contributed by atoms with Crippen molar-refractivity contribution in [2.75, 3.05) is 6.61 Å². The fraction of sp³-hybridized carbons (Fsp3) is 0.760. The summed E-state index contributed by atoms with van der Waals surface area (Å²) in [6.07, 6.45) is 19.5. The van der Waals surface area contributed by atoms with Gasteiger partial charge in [-0.1, -0.05) is 109 Å². The van der Waals surface area contributed by atoms with Gasteiger partial charge in [-0.05, 0) is 38.1 Å². The van der Waals surface area contributed by atoms with E-state index in [1.54, 1.807) is 0 Å². The lowest BCUT2D eigenvalue weighted by Crippen LogP contribution is -2.38. The Labute approximate surface area is 176 Å². The Kier molecular flexibility index (Phi) is 14.5. The van der Waals surface area contributed by atoms with Crippen LogP contribution in [0, 0.1) is 6.92 Å². The van der Waals surface area contributed by atoms with Crippen molar-refractivity contribution in [2.45, 2.75) is 117 Å². The molecule has 0 bridgehead atoms. The number of aryl methyl sites for hydroxylation is 1. The largest absolute Gasteiger partial charge is 0.520 e. The predicted octanol–water partition coefficient (Wildman–Crippen LogP) is 8.57. The molecule has 0 aliphatic heterocycles. The first-order chi connectivity index (χ1) is 13.5. The summed E-state index contributed by atoms with van der Waals surface area (Å²) in [5.74, 6) is 0.972. The monoisotopic (exact) mass is 406 g/mol. The van der Waals surface area contributed by atoms with E-state index in [-0.39, 0.29) is 0 Å². The number of rotatable bonds is 18. The molecule has 0 amide bonds. The molecule has 1 aromatic carbocycles. The van der Waals surface area contributed by atoms with Crippen molar-refractivity contribution < 1.29 is 8.85 Å². The predicted molar refractivity (Wildman–Crippen MR) is 126 cm³/mol. The molecule has 0 fully saturated rings. The lowest BCUT2D eigenvalue weighted by atomic mass is 10.0. The first-order valence-electron chi connectivity index (χ1n) is 11.9. The third-order valence-corrected chi connectivity index (χ3v) is 7.01. The Morgan fingerprint density at radius 2 is 1.14 bits per heavy atom. The van der Waals surface area contributed by atoms with E-state index in [2.05, 4.69) is 33.0 Å². The van der Waals surface area contributed by atoms with E-state index in [4.69, 9.17) is 8.85 Å². The minimum absolute atomic E-state index is 0.836. The van der Waals surface area contributed by atoms with Gasteiger partial charge in [0.2, 0.25) is 0 Å². The summed E-state index contributed by atoms with van der Waals surface area (Å²) in [5.41, 5.74) is 1.18. The standard InChI is InChI=1S/C25H46O2Si/c1-5-6-7-8-9-10-11-12-13-14-15-16-17-20-23-26-28(3,4)27-25-22-19-18-21-24(25)2/h18-19,21-22H,5-17,20,23H2,1-4H3. The lowest BCUT2D eigenvalue weighted by molar-refractivity contribution is 0.240. The van der Waals surface area contributed by atoms with Crippen LogP contribution >= 0.6 is 0 Å². The van der Waals surface area contributed by atoms with Crippen LogP contribution in [0.1, 0.15) is 102 Å². The van der Waals surface area contributed by atoms with Gasteiger partial charge in [0, 0.05) is 6.61 Å². The van der Waals surface area contributed by atoms with Crippen LogP contribution in [-0.4, -0.2) is 15.2 Å². The molecule has 1 rings (SSSR count). The van der Waals surface area contributed by atoms with Crippen LogP contribution in [0.2, 0.25) is 13.1 Å². The maximum Gasteiger partial charge on any atom is 0.392 e. The minimum atomic E-state index is -2.08. The molecular formula is C25H46O2Si. The molecule has 0 spiro atoms. The van der Waals surface area contributed by atoms with Crippen LogP contribution in [0.4, 0.5) is 0 Å². The van der Waals surface area contributed by atoms with Crippen molar-refractivity contribution in [3.05, 3.63) is 29.8 Å². The average Bonchev–Trinajstić information content (AvgIpc) is 2.66. The molecule has 3 heteroatoms. The second kappa shape index (κ2) is 16.0. The van der Waals surface area contributed by atoms with Gasteiger partial charge in [0.05, 0.1) is 0 Å². The average molecular weight is 407 g/mol. The van der Waals surface area contributed by atoms with Gasteiger partial charge in [-0.3, -0.25) is 0 Å². The summed E-state index contributed by atoms with van der Waals surface area (Å²) in [4.78, 5) is 0. The minimum Gasteiger partial charge on any atom is -0.520 e. The molecule has 2 nitrogen and oxygen atoms in total. The quantitative estimate of drug-likeness (QED) is 0.179. The normalized spacial score (nSPS) is 11.7. The van der Waals surface area contributed by atoms with E-state index in [1.165, 1.54) is 89.0 Å². The zero-order chi connectivity index (χ0) is 20.5. The highest BCUT2D eigenvalue weighted by molar-refractivity contribution is 6.65. The zero-order valence-corrected chi connectivity index (χ0v) is 20.2. The summed E-state index contributed by atoms with van der Waals surface area (Å²) in [5, 5.41) is 0. The molecule has 0 radical (unpaired) electrons. The Hall–Kier alpha value is -0.803. The van der Waals surface area contributed by atoms with Gasteiger partial charge >= 0.3 is 8.56 Å². The molecule has 0 N–H and O–H groups in total. The smallest absolute Gasteiger partial charge is 0.392 e. The summed E-state index contributed by atoms with van der Waals surface area (Å²) in [6.45, 7) is 9.50. The van der Waals surface area contributed by atoms with Gasteiger partial charge in [0.1, 0.15) is 5.75 Å². The van der Waals surface area contributed by atoms with Crippen LogP contribution in [0.25, 0.3) is 0 Å². The molecule has 0 aromatic heterocycles. The molecule has 0 aliphatic carbocycles. The molecule has 0 atom stereocenters. The van der Waals surface area contributed by atoms with Crippen LogP contribution in [0.3, 0.4) is 0 Å². The Morgan fingerprint density at radius 3 is 1.64 bits per heavy atom. The summed E-state index contributed by atoms with van der Waals surface area (Å²) < 4.78 is 12.3. The van der Waals surface area contributed by atoms with Crippen LogP contribution < -0.4 is 4.43 Å². The van der Waals surface area contributed by atoms with Gasteiger partial charge in [-0.25, -0.2) is 0 Å². The summed E-state index contributed by atoms with van der Waals surface area (Å²) in [7, 11) is -2.08. The highest BCUT2D eigenvalue weighted by Crippen LogP contribution is 2.21. The third-order valence-electron chi connectivity index (χ3n) is 5.40. The highest BCUT2D eigenvalue weighted by Gasteiger charge is 2.26. The van der Waals surface area contributed by atoms with E-state index < -0.39 is 8.56 Å². The number of hydrogen-bond donors (Lipinski definition) is 0. The number of para-hydroxylation sites is 1.